The van der Waals surface area contributed by atoms with Gasteiger partial charge in [-0.05, 0) is 31.4 Å². The second kappa shape index (κ2) is 6.53. The first-order chi connectivity index (χ1) is 9.22. The highest BCUT2D eigenvalue weighted by atomic mass is 15.3. The van der Waals surface area contributed by atoms with E-state index in [2.05, 4.69) is 54.0 Å². The smallest absolute Gasteiger partial charge is 0.0624 e. The Kier molecular flexibility index (Phi) is 4.74. The lowest BCUT2D eigenvalue weighted by molar-refractivity contribution is 0.573. The molecule has 2 aromatic rings. The highest BCUT2D eigenvalue weighted by molar-refractivity contribution is 5.17. The van der Waals surface area contributed by atoms with Gasteiger partial charge in [0.15, 0.2) is 0 Å². The van der Waals surface area contributed by atoms with Crippen molar-refractivity contribution in [3.8, 4) is 0 Å². The molecule has 102 valence electrons. The van der Waals surface area contributed by atoms with Crippen LogP contribution in [0.3, 0.4) is 0 Å². The van der Waals surface area contributed by atoms with Crippen LogP contribution < -0.4 is 5.73 Å². The molecule has 1 unspecified atom stereocenters. The average Bonchev–Trinajstić information content (AvgIpc) is 2.82. The van der Waals surface area contributed by atoms with Crippen LogP contribution in [0.5, 0.6) is 0 Å². The van der Waals surface area contributed by atoms with Gasteiger partial charge in [0, 0.05) is 24.7 Å². The largest absolute Gasteiger partial charge is 0.327 e. The fraction of sp³-hybridized carbons (Fsp3) is 0.438. The number of benzene rings is 1. The molecule has 0 aliphatic heterocycles. The summed E-state index contributed by atoms with van der Waals surface area (Å²) in [6.07, 6.45) is 2.78. The maximum atomic E-state index is 6.27. The highest BCUT2D eigenvalue weighted by Gasteiger charge is 2.11. The van der Waals surface area contributed by atoms with E-state index in [1.165, 1.54) is 11.3 Å². The Morgan fingerprint density at radius 3 is 2.53 bits per heavy atom. The zero-order valence-electron chi connectivity index (χ0n) is 11.8. The van der Waals surface area contributed by atoms with Gasteiger partial charge in [0.1, 0.15) is 0 Å². The Morgan fingerprint density at radius 2 is 1.89 bits per heavy atom. The molecule has 0 amide bonds. The molecule has 0 bridgehead atoms. The van der Waals surface area contributed by atoms with Gasteiger partial charge in [0.05, 0.1) is 5.69 Å². The summed E-state index contributed by atoms with van der Waals surface area (Å²) < 4.78 is 2.07. The lowest BCUT2D eigenvalue weighted by Crippen LogP contribution is -2.26. The van der Waals surface area contributed by atoms with E-state index in [1.807, 2.05) is 6.07 Å². The topological polar surface area (TPSA) is 43.8 Å². The first kappa shape index (κ1) is 13.8. The Hall–Kier alpha value is -1.61. The molecule has 1 heterocycles. The Labute approximate surface area is 115 Å². The molecule has 0 saturated heterocycles. The lowest BCUT2D eigenvalue weighted by atomic mass is 10.0. The fourth-order valence-electron chi connectivity index (χ4n) is 2.38. The normalized spacial score (nSPS) is 12.6. The fourth-order valence-corrected chi connectivity index (χ4v) is 2.38. The maximum absolute atomic E-state index is 6.27. The molecule has 19 heavy (non-hydrogen) atoms. The summed E-state index contributed by atoms with van der Waals surface area (Å²) in [4.78, 5) is 0. The molecular formula is C16H23N3. The molecule has 0 fully saturated rings. The molecule has 1 aromatic heterocycles. The van der Waals surface area contributed by atoms with Crippen LogP contribution in [0.2, 0.25) is 0 Å². The molecule has 0 spiro atoms. The molecule has 0 saturated carbocycles. The third kappa shape index (κ3) is 3.67. The van der Waals surface area contributed by atoms with Crippen molar-refractivity contribution in [2.24, 2.45) is 5.73 Å². The predicted molar refractivity (Wildman–Crippen MR) is 79.1 cm³/mol. The minimum atomic E-state index is 0.147. The van der Waals surface area contributed by atoms with E-state index in [0.29, 0.717) is 0 Å². The average molecular weight is 257 g/mol. The van der Waals surface area contributed by atoms with Gasteiger partial charge in [-0.25, -0.2) is 0 Å². The monoisotopic (exact) mass is 257 g/mol. The third-order valence-corrected chi connectivity index (χ3v) is 3.39. The van der Waals surface area contributed by atoms with E-state index < -0.39 is 0 Å². The van der Waals surface area contributed by atoms with E-state index in [0.717, 1.165) is 31.5 Å². The van der Waals surface area contributed by atoms with E-state index in [4.69, 9.17) is 5.73 Å². The lowest BCUT2D eigenvalue weighted by Gasteiger charge is -2.12. The number of aryl methyl sites for hydroxylation is 2. The van der Waals surface area contributed by atoms with Gasteiger partial charge >= 0.3 is 0 Å². The second-order valence-electron chi connectivity index (χ2n) is 4.95. The summed E-state index contributed by atoms with van der Waals surface area (Å²) in [6.45, 7) is 5.17. The van der Waals surface area contributed by atoms with Crippen molar-refractivity contribution in [2.75, 3.05) is 0 Å². The number of aromatic nitrogens is 2. The van der Waals surface area contributed by atoms with Crippen LogP contribution >= 0.6 is 0 Å². The van der Waals surface area contributed by atoms with Crippen LogP contribution in [0, 0.1) is 0 Å². The van der Waals surface area contributed by atoms with Crippen molar-refractivity contribution in [2.45, 2.75) is 45.7 Å². The van der Waals surface area contributed by atoms with Crippen molar-refractivity contribution < 1.29 is 0 Å². The number of nitrogens with two attached hydrogens (primary N) is 1. The van der Waals surface area contributed by atoms with Crippen LogP contribution in [0.1, 0.15) is 30.8 Å². The molecule has 0 aliphatic rings. The molecular weight excluding hydrogens is 234 g/mol. The van der Waals surface area contributed by atoms with E-state index in [1.54, 1.807) is 0 Å². The standard InChI is InChI=1S/C16H23N3/c1-3-15-12-16(19(4-2)18-15)11-14(17)10-13-8-6-5-7-9-13/h5-9,12,14H,3-4,10-11,17H2,1-2H3. The van der Waals surface area contributed by atoms with Crippen LogP contribution in [0.25, 0.3) is 0 Å². The Bertz CT molecular complexity index is 502. The summed E-state index contributed by atoms with van der Waals surface area (Å²) in [5.74, 6) is 0. The van der Waals surface area contributed by atoms with Crippen molar-refractivity contribution >= 4 is 0 Å². The van der Waals surface area contributed by atoms with Gasteiger partial charge in [-0.1, -0.05) is 37.3 Å². The maximum Gasteiger partial charge on any atom is 0.0624 e. The minimum absolute atomic E-state index is 0.147. The number of hydrogen-bond acceptors (Lipinski definition) is 2. The van der Waals surface area contributed by atoms with Crippen molar-refractivity contribution in [1.82, 2.24) is 9.78 Å². The van der Waals surface area contributed by atoms with Gasteiger partial charge in [-0.15, -0.1) is 0 Å². The summed E-state index contributed by atoms with van der Waals surface area (Å²) in [5, 5.41) is 4.57. The molecule has 1 aromatic carbocycles. The molecule has 1 atom stereocenters. The molecule has 2 rings (SSSR count). The Morgan fingerprint density at radius 1 is 1.16 bits per heavy atom. The number of hydrogen-bond donors (Lipinski definition) is 1. The van der Waals surface area contributed by atoms with Gasteiger partial charge in [0.2, 0.25) is 0 Å². The third-order valence-electron chi connectivity index (χ3n) is 3.39. The first-order valence-electron chi connectivity index (χ1n) is 7.08. The summed E-state index contributed by atoms with van der Waals surface area (Å²) in [7, 11) is 0. The minimum Gasteiger partial charge on any atom is -0.327 e. The van der Waals surface area contributed by atoms with Crippen LogP contribution in [0.15, 0.2) is 36.4 Å². The molecule has 3 heteroatoms. The van der Waals surface area contributed by atoms with E-state index in [-0.39, 0.29) is 6.04 Å². The Balaban J connectivity index is 2.02. The predicted octanol–water partition coefficient (Wildman–Crippen LogP) is 2.58. The SMILES string of the molecule is CCc1cc(CC(N)Cc2ccccc2)n(CC)n1. The van der Waals surface area contributed by atoms with Crippen molar-refractivity contribution in [3.63, 3.8) is 0 Å². The van der Waals surface area contributed by atoms with Gasteiger partial charge < -0.3 is 5.73 Å². The number of nitrogens with zero attached hydrogens (tertiary/aromatic N) is 2. The molecule has 0 radical (unpaired) electrons. The van der Waals surface area contributed by atoms with Crippen molar-refractivity contribution in [1.29, 1.82) is 0 Å². The quantitative estimate of drug-likeness (QED) is 0.864. The van der Waals surface area contributed by atoms with Crippen LogP contribution in [-0.2, 0) is 25.8 Å². The molecule has 2 N–H and O–H groups in total. The summed E-state index contributed by atoms with van der Waals surface area (Å²) in [6, 6.07) is 12.8. The van der Waals surface area contributed by atoms with Crippen LogP contribution in [-0.4, -0.2) is 15.8 Å². The molecule has 3 nitrogen and oxygen atoms in total. The van der Waals surface area contributed by atoms with E-state index in [9.17, 15) is 0 Å². The van der Waals surface area contributed by atoms with Crippen LogP contribution in [0.4, 0.5) is 0 Å². The number of rotatable bonds is 6. The molecule has 0 aliphatic carbocycles. The highest BCUT2D eigenvalue weighted by Crippen LogP contribution is 2.10. The van der Waals surface area contributed by atoms with E-state index >= 15 is 0 Å². The van der Waals surface area contributed by atoms with Gasteiger partial charge in [-0.3, -0.25) is 4.68 Å². The van der Waals surface area contributed by atoms with Gasteiger partial charge in [-0.2, -0.15) is 5.10 Å². The zero-order valence-corrected chi connectivity index (χ0v) is 11.8. The zero-order chi connectivity index (χ0) is 13.7. The second-order valence-corrected chi connectivity index (χ2v) is 4.95. The summed E-state index contributed by atoms with van der Waals surface area (Å²) >= 11 is 0. The summed E-state index contributed by atoms with van der Waals surface area (Å²) in [5.41, 5.74) is 9.98. The van der Waals surface area contributed by atoms with Gasteiger partial charge in [0.25, 0.3) is 0 Å². The first-order valence-corrected chi connectivity index (χ1v) is 7.08. The van der Waals surface area contributed by atoms with Crippen molar-refractivity contribution in [3.05, 3.63) is 53.3 Å².